The smallest absolute Gasteiger partial charge is 0.0418 e. The van der Waals surface area contributed by atoms with E-state index >= 15 is 0 Å². The summed E-state index contributed by atoms with van der Waals surface area (Å²) in [6, 6.07) is 4.66. The van der Waals surface area contributed by atoms with Gasteiger partial charge in [0.25, 0.3) is 0 Å². The SMILES string of the molecule is CCc1ccc(C(N)C(CC)CC)s1. The molecule has 1 unspecified atom stereocenters. The molecule has 1 aromatic rings. The number of nitrogens with two attached hydrogens (primary N) is 1. The van der Waals surface area contributed by atoms with Gasteiger partial charge in [0.05, 0.1) is 0 Å². The zero-order valence-corrected chi connectivity index (χ0v) is 10.2. The highest BCUT2D eigenvalue weighted by atomic mass is 32.1. The molecule has 0 aliphatic carbocycles. The molecule has 0 aliphatic rings. The van der Waals surface area contributed by atoms with Crippen LogP contribution in [0.1, 0.15) is 49.4 Å². The number of hydrogen-bond donors (Lipinski definition) is 1. The highest BCUT2D eigenvalue weighted by Gasteiger charge is 2.17. The monoisotopic (exact) mass is 211 g/mol. The Balaban J connectivity index is 2.72. The average Bonchev–Trinajstić information content (AvgIpc) is 2.67. The lowest BCUT2D eigenvalue weighted by Gasteiger charge is -2.19. The summed E-state index contributed by atoms with van der Waals surface area (Å²) in [5.41, 5.74) is 6.24. The Morgan fingerprint density at radius 3 is 2.29 bits per heavy atom. The number of aryl methyl sites for hydroxylation is 1. The van der Waals surface area contributed by atoms with Crippen molar-refractivity contribution >= 4 is 11.3 Å². The van der Waals surface area contributed by atoms with Crippen molar-refractivity contribution in [2.24, 2.45) is 11.7 Å². The Hall–Kier alpha value is -0.340. The minimum Gasteiger partial charge on any atom is -0.323 e. The van der Waals surface area contributed by atoms with Gasteiger partial charge in [-0.2, -0.15) is 0 Å². The first kappa shape index (κ1) is 11.7. The molecule has 1 rings (SSSR count). The van der Waals surface area contributed by atoms with Gasteiger partial charge in [-0.15, -0.1) is 11.3 Å². The summed E-state index contributed by atoms with van der Waals surface area (Å²) in [6.45, 7) is 6.64. The van der Waals surface area contributed by atoms with Crippen molar-refractivity contribution in [2.75, 3.05) is 0 Å². The number of rotatable bonds is 5. The summed E-state index contributed by atoms with van der Waals surface area (Å²) in [5.74, 6) is 0.637. The summed E-state index contributed by atoms with van der Waals surface area (Å²) >= 11 is 1.88. The topological polar surface area (TPSA) is 26.0 Å². The van der Waals surface area contributed by atoms with Gasteiger partial charge in [-0.3, -0.25) is 0 Å². The molecule has 80 valence electrons. The molecule has 0 aromatic carbocycles. The van der Waals surface area contributed by atoms with Crippen LogP contribution in [0, 0.1) is 5.92 Å². The lowest BCUT2D eigenvalue weighted by molar-refractivity contribution is 0.410. The first-order valence-corrected chi connectivity index (χ1v) is 6.38. The van der Waals surface area contributed by atoms with E-state index < -0.39 is 0 Å². The molecule has 1 nitrogen and oxygen atoms in total. The molecule has 0 bridgehead atoms. The lowest BCUT2D eigenvalue weighted by Crippen LogP contribution is -2.19. The normalized spacial score (nSPS) is 13.5. The number of thiophene rings is 1. The Bertz CT molecular complexity index is 263. The molecule has 1 aromatic heterocycles. The van der Waals surface area contributed by atoms with Crippen LogP contribution in [0.25, 0.3) is 0 Å². The lowest BCUT2D eigenvalue weighted by atomic mass is 9.94. The quantitative estimate of drug-likeness (QED) is 0.788. The van der Waals surface area contributed by atoms with Crippen LogP contribution in [0.15, 0.2) is 12.1 Å². The molecule has 0 amide bonds. The molecule has 2 N–H and O–H groups in total. The minimum atomic E-state index is 0.246. The molecule has 0 aliphatic heterocycles. The molecule has 1 heterocycles. The Labute approximate surface area is 91.3 Å². The maximum atomic E-state index is 6.24. The molecule has 1 atom stereocenters. The Morgan fingerprint density at radius 2 is 1.86 bits per heavy atom. The van der Waals surface area contributed by atoms with Gasteiger partial charge >= 0.3 is 0 Å². The zero-order valence-electron chi connectivity index (χ0n) is 9.42. The van der Waals surface area contributed by atoms with Gasteiger partial charge in [0.1, 0.15) is 0 Å². The average molecular weight is 211 g/mol. The van der Waals surface area contributed by atoms with Crippen molar-refractivity contribution in [3.05, 3.63) is 21.9 Å². The van der Waals surface area contributed by atoms with E-state index in [4.69, 9.17) is 5.73 Å². The van der Waals surface area contributed by atoms with Gasteiger partial charge < -0.3 is 5.73 Å². The molecular formula is C12H21NS. The maximum absolute atomic E-state index is 6.24. The summed E-state index contributed by atoms with van der Waals surface area (Å²) in [4.78, 5) is 2.80. The molecule has 2 heteroatoms. The fourth-order valence-corrected chi connectivity index (χ4v) is 2.84. The van der Waals surface area contributed by atoms with Crippen LogP contribution in [-0.2, 0) is 6.42 Å². The van der Waals surface area contributed by atoms with E-state index in [0.717, 1.165) is 6.42 Å². The van der Waals surface area contributed by atoms with E-state index in [9.17, 15) is 0 Å². The van der Waals surface area contributed by atoms with Crippen molar-refractivity contribution in [1.29, 1.82) is 0 Å². The van der Waals surface area contributed by atoms with Crippen molar-refractivity contribution < 1.29 is 0 Å². The van der Waals surface area contributed by atoms with Crippen molar-refractivity contribution in [3.63, 3.8) is 0 Å². The second kappa shape index (κ2) is 5.52. The van der Waals surface area contributed by atoms with Crippen LogP contribution in [0.4, 0.5) is 0 Å². The number of hydrogen-bond acceptors (Lipinski definition) is 2. The van der Waals surface area contributed by atoms with Crippen LogP contribution in [0.2, 0.25) is 0 Å². The fourth-order valence-electron chi connectivity index (χ4n) is 1.79. The summed E-state index contributed by atoms with van der Waals surface area (Å²) < 4.78 is 0. The van der Waals surface area contributed by atoms with Gasteiger partial charge in [0, 0.05) is 15.8 Å². The fraction of sp³-hybridized carbons (Fsp3) is 0.667. The van der Waals surface area contributed by atoms with Crippen LogP contribution < -0.4 is 5.73 Å². The van der Waals surface area contributed by atoms with Crippen LogP contribution in [-0.4, -0.2) is 0 Å². The van der Waals surface area contributed by atoms with E-state index in [2.05, 4.69) is 32.9 Å². The zero-order chi connectivity index (χ0) is 10.6. The standard InChI is InChI=1S/C12H21NS/c1-4-9(5-2)12(13)11-8-7-10(6-3)14-11/h7-9,12H,4-6,13H2,1-3H3. The van der Waals surface area contributed by atoms with Crippen LogP contribution in [0.3, 0.4) is 0 Å². The third-order valence-corrected chi connectivity index (χ3v) is 4.25. The second-order valence-electron chi connectivity index (χ2n) is 3.76. The summed E-state index contributed by atoms with van der Waals surface area (Å²) in [7, 11) is 0. The van der Waals surface area contributed by atoms with Crippen LogP contribution >= 0.6 is 11.3 Å². The Morgan fingerprint density at radius 1 is 1.21 bits per heavy atom. The predicted molar refractivity (Wildman–Crippen MR) is 64.7 cm³/mol. The van der Waals surface area contributed by atoms with Gasteiger partial charge in [-0.05, 0) is 24.5 Å². The largest absolute Gasteiger partial charge is 0.323 e. The van der Waals surface area contributed by atoms with Crippen molar-refractivity contribution in [1.82, 2.24) is 0 Å². The predicted octanol–water partition coefficient (Wildman–Crippen LogP) is 3.75. The molecule has 14 heavy (non-hydrogen) atoms. The summed E-state index contributed by atoms with van der Waals surface area (Å²) in [6.07, 6.45) is 3.48. The highest BCUT2D eigenvalue weighted by molar-refractivity contribution is 7.12. The second-order valence-corrected chi connectivity index (χ2v) is 4.96. The van der Waals surface area contributed by atoms with Gasteiger partial charge in [-0.1, -0.05) is 33.6 Å². The molecular weight excluding hydrogens is 190 g/mol. The first-order chi connectivity index (χ1) is 6.72. The first-order valence-electron chi connectivity index (χ1n) is 5.57. The van der Waals surface area contributed by atoms with E-state index in [1.54, 1.807) is 0 Å². The van der Waals surface area contributed by atoms with Gasteiger partial charge in [0.15, 0.2) is 0 Å². The van der Waals surface area contributed by atoms with Gasteiger partial charge in [0.2, 0.25) is 0 Å². The van der Waals surface area contributed by atoms with E-state index in [1.165, 1.54) is 22.6 Å². The highest BCUT2D eigenvalue weighted by Crippen LogP contribution is 2.30. The molecule has 0 saturated carbocycles. The van der Waals surface area contributed by atoms with E-state index in [-0.39, 0.29) is 6.04 Å². The minimum absolute atomic E-state index is 0.246. The van der Waals surface area contributed by atoms with Crippen molar-refractivity contribution in [3.8, 4) is 0 Å². The molecule has 0 fully saturated rings. The van der Waals surface area contributed by atoms with Crippen LogP contribution in [0.5, 0.6) is 0 Å². The van der Waals surface area contributed by atoms with E-state index in [1.807, 2.05) is 11.3 Å². The summed E-state index contributed by atoms with van der Waals surface area (Å²) in [5, 5.41) is 0. The molecule has 0 saturated heterocycles. The Kier molecular flexibility index (Phi) is 4.63. The molecule has 0 spiro atoms. The van der Waals surface area contributed by atoms with Gasteiger partial charge in [-0.25, -0.2) is 0 Å². The maximum Gasteiger partial charge on any atom is 0.0418 e. The third kappa shape index (κ3) is 2.58. The van der Waals surface area contributed by atoms with E-state index in [0.29, 0.717) is 5.92 Å². The third-order valence-electron chi connectivity index (χ3n) is 2.92. The van der Waals surface area contributed by atoms with Crippen molar-refractivity contribution in [2.45, 2.75) is 46.1 Å². The molecule has 0 radical (unpaired) electrons.